The second kappa shape index (κ2) is 4.70. The van der Waals surface area contributed by atoms with Crippen LogP contribution in [0.1, 0.15) is 6.92 Å². The van der Waals surface area contributed by atoms with Crippen molar-refractivity contribution in [3.63, 3.8) is 0 Å². The van der Waals surface area contributed by atoms with Crippen LogP contribution in [0.15, 0.2) is 48.5 Å². The van der Waals surface area contributed by atoms with Gasteiger partial charge in [-0.25, -0.2) is 0 Å². The zero-order valence-electron chi connectivity index (χ0n) is 9.51. The lowest BCUT2D eigenvalue weighted by Gasteiger charge is -2.11. The Balaban J connectivity index is 2.54. The summed E-state index contributed by atoms with van der Waals surface area (Å²) in [5, 5.41) is 0. The lowest BCUT2D eigenvalue weighted by molar-refractivity contribution is -0.131. The Labute approximate surface area is 99.8 Å². The quantitative estimate of drug-likeness (QED) is 0.487. The molecule has 2 rings (SSSR count). The number of carbonyl (C=O) groups excluding carboxylic acids is 1. The molecular weight excluding hydrogens is 214 g/mol. The highest BCUT2D eigenvalue weighted by Gasteiger charge is 2.11. The van der Waals surface area contributed by atoms with Gasteiger partial charge in [0.1, 0.15) is 0 Å². The third-order valence-corrected chi connectivity index (χ3v) is 2.38. The minimum Gasteiger partial charge on any atom is -0.424 e. The topological polar surface area (TPSA) is 52.3 Å². The van der Waals surface area contributed by atoms with Crippen molar-refractivity contribution in [2.75, 3.05) is 5.73 Å². The van der Waals surface area contributed by atoms with E-state index in [-0.39, 0.29) is 5.97 Å². The Morgan fingerprint density at radius 3 is 2.41 bits per heavy atom. The molecule has 0 heterocycles. The van der Waals surface area contributed by atoms with Gasteiger partial charge in [-0.1, -0.05) is 42.5 Å². The van der Waals surface area contributed by atoms with Crippen LogP contribution in [-0.2, 0) is 4.79 Å². The molecule has 17 heavy (non-hydrogen) atoms. The summed E-state index contributed by atoms with van der Waals surface area (Å²) in [6, 6.07) is 15.1. The largest absolute Gasteiger partial charge is 0.424 e. The van der Waals surface area contributed by atoms with Crippen LogP contribution in [0.5, 0.6) is 5.75 Å². The molecule has 0 bridgehead atoms. The molecule has 3 heteroatoms. The second-order valence-electron chi connectivity index (χ2n) is 3.68. The number of nitrogens with two attached hydrogens (primary N) is 1. The maximum Gasteiger partial charge on any atom is 0.308 e. The maximum atomic E-state index is 11.1. The highest BCUT2D eigenvalue weighted by atomic mass is 16.5. The van der Waals surface area contributed by atoms with Crippen molar-refractivity contribution in [3.05, 3.63) is 48.5 Å². The highest BCUT2D eigenvalue weighted by molar-refractivity contribution is 5.81. The molecule has 0 aliphatic heterocycles. The monoisotopic (exact) mass is 227 g/mol. The van der Waals surface area contributed by atoms with Crippen LogP contribution >= 0.6 is 0 Å². The summed E-state index contributed by atoms with van der Waals surface area (Å²) >= 11 is 0. The van der Waals surface area contributed by atoms with Crippen molar-refractivity contribution in [3.8, 4) is 16.9 Å². The Morgan fingerprint density at radius 2 is 1.76 bits per heavy atom. The van der Waals surface area contributed by atoms with E-state index in [1.54, 1.807) is 6.07 Å². The third kappa shape index (κ3) is 2.45. The number of hydrogen-bond acceptors (Lipinski definition) is 3. The molecule has 0 saturated heterocycles. The number of benzene rings is 2. The van der Waals surface area contributed by atoms with Gasteiger partial charge in [0.05, 0.1) is 5.69 Å². The van der Waals surface area contributed by atoms with E-state index in [0.717, 1.165) is 11.1 Å². The van der Waals surface area contributed by atoms with Gasteiger partial charge >= 0.3 is 5.97 Å². The Kier molecular flexibility index (Phi) is 3.10. The van der Waals surface area contributed by atoms with E-state index < -0.39 is 0 Å². The second-order valence-corrected chi connectivity index (χ2v) is 3.68. The van der Waals surface area contributed by atoms with Gasteiger partial charge in [-0.3, -0.25) is 4.79 Å². The number of ether oxygens (including phenoxy) is 1. The molecule has 2 aromatic rings. The number of para-hydroxylation sites is 1. The van der Waals surface area contributed by atoms with E-state index in [0.29, 0.717) is 11.4 Å². The minimum atomic E-state index is -0.375. The summed E-state index contributed by atoms with van der Waals surface area (Å²) in [7, 11) is 0. The van der Waals surface area contributed by atoms with Gasteiger partial charge in [-0.15, -0.1) is 0 Å². The molecule has 0 aromatic heterocycles. The van der Waals surface area contributed by atoms with Gasteiger partial charge in [-0.05, 0) is 11.6 Å². The number of esters is 1. The van der Waals surface area contributed by atoms with Crippen LogP contribution in [0.3, 0.4) is 0 Å². The standard InChI is InChI=1S/C14H13NO2/c1-10(16)17-14-12(8-5-9-13(14)15)11-6-3-2-4-7-11/h2-9H,15H2,1H3. The average molecular weight is 227 g/mol. The summed E-state index contributed by atoms with van der Waals surface area (Å²) < 4.78 is 5.17. The van der Waals surface area contributed by atoms with Gasteiger partial charge in [0.15, 0.2) is 5.75 Å². The molecule has 2 aromatic carbocycles. The van der Waals surface area contributed by atoms with E-state index in [1.165, 1.54) is 6.92 Å². The van der Waals surface area contributed by atoms with Crippen molar-refractivity contribution in [2.24, 2.45) is 0 Å². The zero-order chi connectivity index (χ0) is 12.3. The predicted octanol–water partition coefficient (Wildman–Crippen LogP) is 2.86. The first-order valence-corrected chi connectivity index (χ1v) is 5.31. The Morgan fingerprint density at radius 1 is 1.06 bits per heavy atom. The molecule has 2 N–H and O–H groups in total. The lowest BCUT2D eigenvalue weighted by atomic mass is 10.0. The average Bonchev–Trinajstić information content (AvgIpc) is 2.32. The van der Waals surface area contributed by atoms with E-state index in [4.69, 9.17) is 10.5 Å². The number of rotatable bonds is 2. The number of nitrogen functional groups attached to an aromatic ring is 1. The van der Waals surface area contributed by atoms with Crippen molar-refractivity contribution < 1.29 is 9.53 Å². The van der Waals surface area contributed by atoms with Crippen LogP contribution < -0.4 is 10.5 Å². The SMILES string of the molecule is CC(=O)Oc1c(N)cccc1-c1ccccc1. The molecule has 0 saturated carbocycles. The van der Waals surface area contributed by atoms with Crippen molar-refractivity contribution in [2.45, 2.75) is 6.92 Å². The Hall–Kier alpha value is -2.29. The van der Waals surface area contributed by atoms with Crippen molar-refractivity contribution in [1.29, 1.82) is 0 Å². The molecule has 0 unspecified atom stereocenters. The number of carbonyl (C=O) groups is 1. The molecule has 0 atom stereocenters. The van der Waals surface area contributed by atoms with E-state index in [9.17, 15) is 4.79 Å². The van der Waals surface area contributed by atoms with E-state index in [2.05, 4.69) is 0 Å². The normalized spacial score (nSPS) is 9.94. The van der Waals surface area contributed by atoms with Crippen molar-refractivity contribution in [1.82, 2.24) is 0 Å². The molecule has 0 aliphatic carbocycles. The van der Waals surface area contributed by atoms with Gasteiger partial charge in [0.25, 0.3) is 0 Å². The van der Waals surface area contributed by atoms with Crippen LogP contribution in [0.25, 0.3) is 11.1 Å². The van der Waals surface area contributed by atoms with Crippen LogP contribution in [-0.4, -0.2) is 5.97 Å². The van der Waals surface area contributed by atoms with Gasteiger partial charge in [0, 0.05) is 12.5 Å². The highest BCUT2D eigenvalue weighted by Crippen LogP contribution is 2.34. The van der Waals surface area contributed by atoms with E-state index >= 15 is 0 Å². The summed E-state index contributed by atoms with van der Waals surface area (Å²) in [5.41, 5.74) is 8.08. The first kappa shape index (κ1) is 11.2. The van der Waals surface area contributed by atoms with Crippen LogP contribution in [0.2, 0.25) is 0 Å². The fourth-order valence-corrected chi connectivity index (χ4v) is 1.66. The first-order valence-electron chi connectivity index (χ1n) is 5.31. The Bertz CT molecular complexity index is 535. The number of anilines is 1. The van der Waals surface area contributed by atoms with Gasteiger partial charge in [-0.2, -0.15) is 0 Å². The molecule has 0 spiro atoms. The van der Waals surface area contributed by atoms with Gasteiger partial charge in [0.2, 0.25) is 0 Å². The van der Waals surface area contributed by atoms with Crippen LogP contribution in [0, 0.1) is 0 Å². The molecule has 0 aliphatic rings. The zero-order valence-corrected chi connectivity index (χ0v) is 9.51. The molecule has 3 nitrogen and oxygen atoms in total. The van der Waals surface area contributed by atoms with E-state index in [1.807, 2.05) is 42.5 Å². The smallest absolute Gasteiger partial charge is 0.308 e. The third-order valence-electron chi connectivity index (χ3n) is 2.38. The fourth-order valence-electron chi connectivity index (χ4n) is 1.66. The summed E-state index contributed by atoms with van der Waals surface area (Å²) in [6.45, 7) is 1.36. The van der Waals surface area contributed by atoms with Crippen LogP contribution in [0.4, 0.5) is 5.69 Å². The molecule has 86 valence electrons. The number of hydrogen-bond donors (Lipinski definition) is 1. The molecule has 0 radical (unpaired) electrons. The van der Waals surface area contributed by atoms with Gasteiger partial charge < -0.3 is 10.5 Å². The summed E-state index contributed by atoms with van der Waals surface area (Å²) in [6.07, 6.45) is 0. The predicted molar refractivity (Wildman–Crippen MR) is 67.6 cm³/mol. The van der Waals surface area contributed by atoms with Crippen molar-refractivity contribution >= 4 is 11.7 Å². The molecule has 0 amide bonds. The molecule has 0 fully saturated rings. The lowest BCUT2D eigenvalue weighted by Crippen LogP contribution is -2.05. The molecular formula is C14H13NO2. The fraction of sp³-hybridized carbons (Fsp3) is 0.0714. The summed E-state index contributed by atoms with van der Waals surface area (Å²) in [5.74, 6) is 0.0475. The first-order chi connectivity index (χ1) is 8.18. The summed E-state index contributed by atoms with van der Waals surface area (Å²) in [4.78, 5) is 11.1. The minimum absolute atomic E-state index is 0.375. The maximum absolute atomic E-state index is 11.1.